The minimum atomic E-state index is 0.564. The Morgan fingerprint density at radius 2 is 1.37 bits per heavy atom. The van der Waals surface area contributed by atoms with E-state index in [0.29, 0.717) is 11.8 Å². The second-order valence-corrected chi connectivity index (χ2v) is 11.0. The smallest absolute Gasteiger partial charge is 0.119 e. The Balaban J connectivity index is 1.26. The fourth-order valence-corrected chi connectivity index (χ4v) is 5.56. The Morgan fingerprint density at radius 3 is 2.06 bits per heavy atom. The summed E-state index contributed by atoms with van der Waals surface area (Å²) in [5.41, 5.74) is 0. The topological polar surface area (TPSA) is 18.5 Å². The average molecular weight is 479 g/mol. The van der Waals surface area contributed by atoms with Gasteiger partial charge in [-0.2, -0.15) is 0 Å². The van der Waals surface area contributed by atoms with Crippen molar-refractivity contribution in [2.75, 3.05) is 13.2 Å². The fourth-order valence-electron chi connectivity index (χ4n) is 5.56. The molecule has 0 saturated heterocycles. The van der Waals surface area contributed by atoms with Gasteiger partial charge in [0.2, 0.25) is 0 Å². The first-order valence-corrected chi connectivity index (χ1v) is 14.8. The highest BCUT2D eigenvalue weighted by Crippen LogP contribution is 2.33. The van der Waals surface area contributed by atoms with Crippen molar-refractivity contribution < 1.29 is 9.47 Å². The number of ether oxygens (including phenoxy) is 2. The molecule has 0 N–H and O–H groups in total. The zero-order valence-electron chi connectivity index (χ0n) is 22.6. The maximum absolute atomic E-state index is 6.08. The molecule has 35 heavy (non-hydrogen) atoms. The highest BCUT2D eigenvalue weighted by atomic mass is 16.5. The number of rotatable bonds is 13. The van der Waals surface area contributed by atoms with E-state index in [4.69, 9.17) is 9.47 Å². The molecule has 0 bridgehead atoms. The Labute approximate surface area is 216 Å². The van der Waals surface area contributed by atoms with Gasteiger partial charge in [-0.05, 0) is 106 Å². The zero-order valence-corrected chi connectivity index (χ0v) is 22.6. The molecule has 0 amide bonds. The van der Waals surface area contributed by atoms with Crippen LogP contribution < -0.4 is 9.47 Å². The van der Waals surface area contributed by atoms with Crippen molar-refractivity contribution in [1.29, 1.82) is 0 Å². The van der Waals surface area contributed by atoms with Gasteiger partial charge in [0.15, 0.2) is 0 Å². The molecule has 3 rings (SSSR count). The molecule has 2 aliphatic carbocycles. The second kappa shape index (κ2) is 16.7. The minimum absolute atomic E-state index is 0.564. The Morgan fingerprint density at radius 1 is 0.743 bits per heavy atom. The van der Waals surface area contributed by atoms with Gasteiger partial charge in [0.05, 0.1) is 13.2 Å². The van der Waals surface area contributed by atoms with Gasteiger partial charge in [0.1, 0.15) is 11.5 Å². The molecule has 0 radical (unpaired) electrons. The fraction of sp³-hybridized carbons (Fsp3) is 0.697. The lowest BCUT2D eigenvalue weighted by Crippen LogP contribution is -2.19. The van der Waals surface area contributed by atoms with Crippen LogP contribution in [-0.2, 0) is 0 Å². The molecule has 0 unspecified atom stereocenters. The average Bonchev–Trinajstić information content (AvgIpc) is 2.90. The van der Waals surface area contributed by atoms with Crippen LogP contribution in [0.25, 0.3) is 0 Å². The molecule has 2 nitrogen and oxygen atoms in total. The summed E-state index contributed by atoms with van der Waals surface area (Å²) in [5.74, 6) is 11.8. The largest absolute Gasteiger partial charge is 0.494 e. The zero-order chi connectivity index (χ0) is 24.6. The van der Waals surface area contributed by atoms with Gasteiger partial charge in [-0.3, -0.25) is 0 Å². The van der Waals surface area contributed by atoms with Crippen molar-refractivity contribution in [1.82, 2.24) is 0 Å². The molecule has 0 atom stereocenters. The molecule has 2 aliphatic rings. The van der Waals surface area contributed by atoms with Crippen LogP contribution >= 0.6 is 0 Å². The van der Waals surface area contributed by atoms with E-state index in [2.05, 4.69) is 37.8 Å². The predicted molar refractivity (Wildman–Crippen MR) is 149 cm³/mol. The Hall–Kier alpha value is -1.88. The van der Waals surface area contributed by atoms with Gasteiger partial charge in [-0.25, -0.2) is 0 Å². The first kappa shape index (κ1) is 27.7. The van der Waals surface area contributed by atoms with Gasteiger partial charge < -0.3 is 9.47 Å². The van der Waals surface area contributed by atoms with Crippen LogP contribution in [0, 0.1) is 35.5 Å². The third-order valence-corrected chi connectivity index (χ3v) is 8.02. The summed E-state index contributed by atoms with van der Waals surface area (Å²) >= 11 is 0. The van der Waals surface area contributed by atoms with Gasteiger partial charge in [-0.1, -0.05) is 70.3 Å². The third kappa shape index (κ3) is 11.2. The predicted octanol–water partition coefficient (Wildman–Crippen LogP) is 9.39. The lowest BCUT2D eigenvalue weighted by atomic mass is 9.79. The monoisotopic (exact) mass is 478 g/mol. The third-order valence-electron chi connectivity index (χ3n) is 8.02. The van der Waals surface area contributed by atoms with Crippen molar-refractivity contribution in [3.63, 3.8) is 0 Å². The number of unbranched alkanes of at least 4 members (excludes halogenated alkanes) is 4. The molecule has 0 spiro atoms. The normalized spacial score (nSPS) is 24.6. The van der Waals surface area contributed by atoms with Crippen molar-refractivity contribution in [3.8, 4) is 23.3 Å². The number of benzene rings is 1. The first-order chi connectivity index (χ1) is 17.3. The molecule has 1 aromatic carbocycles. The maximum Gasteiger partial charge on any atom is 0.119 e. The van der Waals surface area contributed by atoms with Crippen LogP contribution in [-0.4, -0.2) is 13.2 Å². The van der Waals surface area contributed by atoms with Crippen LogP contribution in [0.2, 0.25) is 0 Å². The van der Waals surface area contributed by atoms with Gasteiger partial charge in [0.25, 0.3) is 0 Å². The highest BCUT2D eigenvalue weighted by Gasteiger charge is 2.21. The van der Waals surface area contributed by atoms with E-state index in [1.54, 1.807) is 0 Å². The highest BCUT2D eigenvalue weighted by molar-refractivity contribution is 5.31. The van der Waals surface area contributed by atoms with Crippen molar-refractivity contribution in [2.24, 2.45) is 23.7 Å². The van der Waals surface area contributed by atoms with Crippen LogP contribution in [0.3, 0.4) is 0 Å². The summed E-state index contributed by atoms with van der Waals surface area (Å²) in [6, 6.07) is 8.14. The summed E-state index contributed by atoms with van der Waals surface area (Å²) in [6.45, 7) is 6.13. The second-order valence-electron chi connectivity index (χ2n) is 11.0. The molecule has 0 aromatic heterocycles. The quantitative estimate of drug-likeness (QED) is 0.208. The number of allylic oxidation sites excluding steroid dienone is 2. The van der Waals surface area contributed by atoms with E-state index in [9.17, 15) is 0 Å². The summed E-state index contributed by atoms with van der Waals surface area (Å²) in [7, 11) is 0. The SMILES string of the molecule is CCCCCOc1ccc(OC[C@H]2CC[C@H](C#CC=C[C@H]3CC[C@H](CCCCC)CC3)CC2)cc1. The number of hydrogen-bond donors (Lipinski definition) is 0. The van der Waals surface area contributed by atoms with Gasteiger partial charge in [-0.15, -0.1) is 0 Å². The molecule has 2 fully saturated rings. The Kier molecular flexibility index (Phi) is 13.2. The minimum Gasteiger partial charge on any atom is -0.494 e. The maximum atomic E-state index is 6.08. The lowest BCUT2D eigenvalue weighted by Gasteiger charge is -2.26. The van der Waals surface area contributed by atoms with E-state index in [-0.39, 0.29) is 0 Å². The summed E-state index contributed by atoms with van der Waals surface area (Å²) in [6.07, 6.45) is 24.2. The summed E-state index contributed by atoms with van der Waals surface area (Å²) < 4.78 is 11.9. The van der Waals surface area contributed by atoms with E-state index in [1.807, 2.05) is 24.3 Å². The molecular formula is C33H50O2. The summed E-state index contributed by atoms with van der Waals surface area (Å²) in [4.78, 5) is 0. The molecular weight excluding hydrogens is 428 g/mol. The standard InChI is InChI=1S/C33H50O2/c1-3-5-7-11-28-14-16-29(17-15-28)12-8-9-13-30-18-20-31(21-19-30)27-35-33-24-22-32(23-25-33)34-26-10-6-4-2/h8,12,22-25,28-31H,3-7,10-11,14-21,26-27H2,1-2H3/t28-,29-,30-,31-. The van der Waals surface area contributed by atoms with Crippen LogP contribution in [0.15, 0.2) is 36.4 Å². The molecule has 0 heterocycles. The van der Waals surface area contributed by atoms with Crippen molar-refractivity contribution >= 4 is 0 Å². The molecule has 2 heteroatoms. The van der Waals surface area contributed by atoms with Gasteiger partial charge in [0, 0.05) is 5.92 Å². The van der Waals surface area contributed by atoms with Crippen LogP contribution in [0.5, 0.6) is 11.5 Å². The van der Waals surface area contributed by atoms with E-state index < -0.39 is 0 Å². The summed E-state index contributed by atoms with van der Waals surface area (Å²) in [5, 5.41) is 0. The first-order valence-electron chi connectivity index (χ1n) is 14.8. The van der Waals surface area contributed by atoms with Crippen molar-refractivity contribution in [3.05, 3.63) is 36.4 Å². The van der Waals surface area contributed by atoms with Crippen LogP contribution in [0.4, 0.5) is 0 Å². The molecule has 1 aromatic rings. The Bertz CT molecular complexity index is 753. The van der Waals surface area contributed by atoms with E-state index >= 15 is 0 Å². The van der Waals surface area contributed by atoms with Crippen LogP contribution in [0.1, 0.15) is 110 Å². The lowest BCUT2D eigenvalue weighted by molar-refractivity contribution is 0.196. The van der Waals surface area contributed by atoms with E-state index in [1.165, 1.54) is 89.9 Å². The molecule has 194 valence electrons. The van der Waals surface area contributed by atoms with Gasteiger partial charge >= 0.3 is 0 Å². The number of hydrogen-bond acceptors (Lipinski definition) is 2. The van der Waals surface area contributed by atoms with E-state index in [0.717, 1.165) is 43.0 Å². The molecule has 2 saturated carbocycles. The molecule has 0 aliphatic heterocycles. The van der Waals surface area contributed by atoms with Crippen molar-refractivity contribution in [2.45, 2.75) is 110 Å².